The second-order valence-corrected chi connectivity index (χ2v) is 7.04. The Bertz CT molecular complexity index is 894. The summed E-state index contributed by atoms with van der Waals surface area (Å²) < 4.78 is 0. The van der Waals surface area contributed by atoms with Crippen LogP contribution < -0.4 is 10.6 Å². The van der Waals surface area contributed by atoms with Gasteiger partial charge in [0.2, 0.25) is 5.91 Å². The van der Waals surface area contributed by atoms with Crippen LogP contribution in [0.4, 0.5) is 11.4 Å². The molecule has 2 rings (SSSR count). The number of anilines is 2. The summed E-state index contributed by atoms with van der Waals surface area (Å²) in [4.78, 5) is 35.3. The van der Waals surface area contributed by atoms with Crippen LogP contribution in [0.25, 0.3) is 0 Å². The Hall–Kier alpha value is -2.86. The molecule has 0 spiro atoms. The molecule has 0 saturated carbocycles. The van der Waals surface area contributed by atoms with E-state index in [1.807, 2.05) is 13.8 Å². The molecule has 0 aliphatic heterocycles. The highest BCUT2D eigenvalue weighted by Gasteiger charge is 2.13. The van der Waals surface area contributed by atoms with Gasteiger partial charge in [0.1, 0.15) is 0 Å². The summed E-state index contributed by atoms with van der Waals surface area (Å²) in [6.07, 6.45) is 0.425. The topological polar surface area (TPSA) is 95.5 Å². The molecule has 2 amide bonds. The first-order valence-electron chi connectivity index (χ1n) is 8.42. The van der Waals surface area contributed by atoms with Gasteiger partial charge in [0.25, 0.3) is 5.91 Å². The summed E-state index contributed by atoms with van der Waals surface area (Å²) in [5.74, 6) is -1.31. The molecule has 0 aromatic heterocycles. The molecule has 3 N–H and O–H groups in total. The molecule has 0 heterocycles. The lowest BCUT2D eigenvalue weighted by Crippen LogP contribution is -2.16. The number of carbonyl (C=O) groups is 3. The van der Waals surface area contributed by atoms with E-state index in [1.165, 1.54) is 18.2 Å². The second-order valence-electron chi connectivity index (χ2n) is 6.63. The van der Waals surface area contributed by atoms with Crippen molar-refractivity contribution in [1.29, 1.82) is 0 Å². The molecule has 0 radical (unpaired) electrons. The van der Waals surface area contributed by atoms with E-state index < -0.39 is 5.97 Å². The van der Waals surface area contributed by atoms with Gasteiger partial charge in [-0.05, 0) is 54.8 Å². The summed E-state index contributed by atoms with van der Waals surface area (Å²) in [7, 11) is 0. The maximum atomic E-state index is 12.4. The van der Waals surface area contributed by atoms with Crippen LogP contribution in [0.3, 0.4) is 0 Å². The maximum absolute atomic E-state index is 12.4. The Kier molecular flexibility index (Phi) is 6.58. The fourth-order valence-corrected chi connectivity index (χ4v) is 2.75. The van der Waals surface area contributed by atoms with Crippen LogP contribution in [-0.4, -0.2) is 22.9 Å². The lowest BCUT2D eigenvalue weighted by atomic mass is 10.1. The average molecular weight is 389 g/mol. The van der Waals surface area contributed by atoms with Crippen molar-refractivity contribution in [2.75, 3.05) is 10.6 Å². The molecule has 7 heteroatoms. The zero-order valence-corrected chi connectivity index (χ0v) is 16.1. The van der Waals surface area contributed by atoms with Crippen molar-refractivity contribution in [3.05, 3.63) is 58.1 Å². The van der Waals surface area contributed by atoms with E-state index >= 15 is 0 Å². The number of carboxylic acid groups (broad SMARTS) is 1. The van der Waals surface area contributed by atoms with Gasteiger partial charge in [-0.3, -0.25) is 9.59 Å². The molecule has 2 aromatic carbocycles. The van der Waals surface area contributed by atoms with E-state index in [2.05, 4.69) is 10.6 Å². The van der Waals surface area contributed by atoms with E-state index in [1.54, 1.807) is 25.1 Å². The fourth-order valence-electron chi connectivity index (χ4n) is 2.49. The highest BCUT2D eigenvalue weighted by molar-refractivity contribution is 6.33. The normalized spacial score (nSPS) is 10.6. The lowest BCUT2D eigenvalue weighted by molar-refractivity contribution is -0.116. The highest BCUT2D eigenvalue weighted by atomic mass is 35.5. The van der Waals surface area contributed by atoms with Crippen molar-refractivity contribution in [3.63, 3.8) is 0 Å². The predicted octanol–water partition coefficient (Wildman–Crippen LogP) is 4.58. The first kappa shape index (κ1) is 20.5. The van der Waals surface area contributed by atoms with Gasteiger partial charge in [-0.2, -0.15) is 0 Å². The Morgan fingerprint density at radius 3 is 2.33 bits per heavy atom. The molecule has 0 saturated heterocycles. The third-order valence-corrected chi connectivity index (χ3v) is 4.13. The number of carboxylic acids is 1. The summed E-state index contributed by atoms with van der Waals surface area (Å²) in [6, 6.07) is 9.16. The standard InChI is InChI=1S/C20H21ClN2O4/c1-11(2)8-18(24)23-17-7-4-13(9-12(17)3)19(25)22-14-5-6-15(20(26)27)16(21)10-14/h4-7,9-11H,8H2,1-3H3,(H,22,25)(H,23,24)(H,26,27). The van der Waals surface area contributed by atoms with Gasteiger partial charge in [0.05, 0.1) is 10.6 Å². The molecule has 27 heavy (non-hydrogen) atoms. The second kappa shape index (κ2) is 8.68. The molecule has 142 valence electrons. The molecule has 0 bridgehead atoms. The number of hydrogen-bond donors (Lipinski definition) is 3. The van der Waals surface area contributed by atoms with Crippen LogP contribution in [0, 0.1) is 12.8 Å². The minimum absolute atomic E-state index is 0.0352. The van der Waals surface area contributed by atoms with Crippen LogP contribution in [-0.2, 0) is 4.79 Å². The quantitative estimate of drug-likeness (QED) is 0.674. The first-order valence-corrected chi connectivity index (χ1v) is 8.80. The molecular weight excluding hydrogens is 368 g/mol. The van der Waals surface area contributed by atoms with Crippen molar-refractivity contribution in [1.82, 2.24) is 0 Å². The van der Waals surface area contributed by atoms with Crippen molar-refractivity contribution < 1.29 is 19.5 Å². The van der Waals surface area contributed by atoms with E-state index in [9.17, 15) is 14.4 Å². The Balaban J connectivity index is 2.11. The van der Waals surface area contributed by atoms with Gasteiger partial charge in [0.15, 0.2) is 0 Å². The monoisotopic (exact) mass is 388 g/mol. The van der Waals surface area contributed by atoms with E-state index in [0.717, 1.165) is 5.56 Å². The van der Waals surface area contributed by atoms with Gasteiger partial charge < -0.3 is 15.7 Å². The number of rotatable bonds is 6. The maximum Gasteiger partial charge on any atom is 0.337 e. The Morgan fingerprint density at radius 1 is 1.07 bits per heavy atom. The predicted molar refractivity (Wildman–Crippen MR) is 106 cm³/mol. The number of nitrogens with one attached hydrogen (secondary N) is 2. The third kappa shape index (κ3) is 5.56. The molecule has 0 fully saturated rings. The number of halogens is 1. The first-order chi connectivity index (χ1) is 12.7. The number of aromatic carboxylic acids is 1. The van der Waals surface area contributed by atoms with Crippen molar-refractivity contribution >= 4 is 40.8 Å². The van der Waals surface area contributed by atoms with Crippen LogP contribution >= 0.6 is 11.6 Å². The van der Waals surface area contributed by atoms with Crippen molar-refractivity contribution in [2.24, 2.45) is 5.92 Å². The number of hydrogen-bond acceptors (Lipinski definition) is 3. The smallest absolute Gasteiger partial charge is 0.337 e. The van der Waals surface area contributed by atoms with Gasteiger partial charge >= 0.3 is 5.97 Å². The fraction of sp³-hybridized carbons (Fsp3) is 0.250. The molecule has 0 aliphatic carbocycles. The van der Waals surface area contributed by atoms with Crippen molar-refractivity contribution in [3.8, 4) is 0 Å². The van der Waals surface area contributed by atoms with E-state index in [4.69, 9.17) is 16.7 Å². The molecule has 0 aliphatic rings. The van der Waals surface area contributed by atoms with Crippen LogP contribution in [0.15, 0.2) is 36.4 Å². The van der Waals surface area contributed by atoms with Gasteiger partial charge in [-0.1, -0.05) is 25.4 Å². The van der Waals surface area contributed by atoms with Gasteiger partial charge in [-0.15, -0.1) is 0 Å². The molecule has 0 unspecified atom stereocenters. The lowest BCUT2D eigenvalue weighted by Gasteiger charge is -2.12. The zero-order valence-electron chi connectivity index (χ0n) is 15.3. The highest BCUT2D eigenvalue weighted by Crippen LogP contribution is 2.22. The van der Waals surface area contributed by atoms with E-state index in [0.29, 0.717) is 23.4 Å². The van der Waals surface area contributed by atoms with Crippen LogP contribution in [0.5, 0.6) is 0 Å². The third-order valence-electron chi connectivity index (χ3n) is 3.81. The summed E-state index contributed by atoms with van der Waals surface area (Å²) >= 11 is 5.91. The molecule has 2 aromatic rings. The van der Waals surface area contributed by atoms with Gasteiger partial charge in [0, 0.05) is 23.4 Å². The largest absolute Gasteiger partial charge is 0.478 e. The number of carbonyl (C=O) groups excluding carboxylic acids is 2. The summed E-state index contributed by atoms with van der Waals surface area (Å²) in [5, 5.41) is 14.5. The molecular formula is C20H21ClN2O4. The van der Waals surface area contributed by atoms with E-state index in [-0.39, 0.29) is 28.3 Å². The Labute approximate surface area is 162 Å². The van der Waals surface area contributed by atoms with Crippen LogP contribution in [0.1, 0.15) is 46.5 Å². The number of amides is 2. The minimum atomic E-state index is -1.14. The molecule has 0 atom stereocenters. The summed E-state index contributed by atoms with van der Waals surface area (Å²) in [6.45, 7) is 5.74. The number of aryl methyl sites for hydroxylation is 1. The Morgan fingerprint density at radius 2 is 1.78 bits per heavy atom. The average Bonchev–Trinajstić information content (AvgIpc) is 2.55. The van der Waals surface area contributed by atoms with Gasteiger partial charge in [-0.25, -0.2) is 4.79 Å². The minimum Gasteiger partial charge on any atom is -0.478 e. The molecule has 6 nitrogen and oxygen atoms in total. The zero-order chi connectivity index (χ0) is 20.1. The number of benzene rings is 2. The summed E-state index contributed by atoms with van der Waals surface area (Å²) in [5.41, 5.74) is 2.19. The van der Waals surface area contributed by atoms with Crippen LogP contribution in [0.2, 0.25) is 5.02 Å². The SMILES string of the molecule is Cc1cc(C(=O)Nc2ccc(C(=O)O)c(Cl)c2)ccc1NC(=O)CC(C)C. The van der Waals surface area contributed by atoms with Crippen molar-refractivity contribution in [2.45, 2.75) is 27.2 Å².